The summed E-state index contributed by atoms with van der Waals surface area (Å²) in [7, 11) is 1.74. The number of allylic oxidation sites excluding steroid dienone is 2. The van der Waals surface area contributed by atoms with Crippen LogP contribution in [0.3, 0.4) is 0 Å². The Morgan fingerprint density at radius 2 is 2.06 bits per heavy atom. The molecule has 1 aromatic carbocycles. The van der Waals surface area contributed by atoms with Gasteiger partial charge in [0.05, 0.1) is 7.11 Å². The molecule has 18 heavy (non-hydrogen) atoms. The molecule has 0 aliphatic rings. The lowest BCUT2D eigenvalue weighted by atomic mass is 9.87. The third-order valence-electron chi connectivity index (χ3n) is 3.47. The summed E-state index contributed by atoms with van der Waals surface area (Å²) in [6.45, 7) is 8.40. The second-order valence-corrected chi connectivity index (χ2v) is 5.06. The first-order chi connectivity index (χ1) is 8.56. The molecule has 1 rings (SSSR count). The molecule has 0 bridgehead atoms. The second kappa shape index (κ2) is 6.84. The van der Waals surface area contributed by atoms with Crippen molar-refractivity contribution in [3.05, 3.63) is 39.9 Å². The van der Waals surface area contributed by atoms with E-state index in [1.807, 2.05) is 6.07 Å². The van der Waals surface area contributed by atoms with Crippen LogP contribution in [0.4, 0.5) is 0 Å². The van der Waals surface area contributed by atoms with Gasteiger partial charge in [-0.25, -0.2) is 0 Å². The zero-order valence-electron chi connectivity index (χ0n) is 12.0. The summed E-state index contributed by atoms with van der Waals surface area (Å²) < 4.78 is 5.59. The highest BCUT2D eigenvalue weighted by molar-refractivity contribution is 6.31. The van der Waals surface area contributed by atoms with Crippen molar-refractivity contribution in [3.8, 4) is 5.75 Å². The summed E-state index contributed by atoms with van der Waals surface area (Å²) in [5.74, 6) is 1.46. The molecule has 0 fully saturated rings. The average Bonchev–Trinajstić information content (AvgIpc) is 2.35. The maximum absolute atomic E-state index is 6.31. The molecule has 0 radical (unpaired) electrons. The molecule has 0 amide bonds. The largest absolute Gasteiger partial charge is 0.496 e. The highest BCUT2D eigenvalue weighted by atomic mass is 35.5. The van der Waals surface area contributed by atoms with E-state index >= 15 is 0 Å². The van der Waals surface area contributed by atoms with Crippen molar-refractivity contribution in [3.63, 3.8) is 0 Å². The van der Waals surface area contributed by atoms with E-state index in [0.717, 1.165) is 34.7 Å². The Labute approximate surface area is 116 Å². The van der Waals surface area contributed by atoms with Crippen LogP contribution in [-0.4, -0.2) is 7.11 Å². The van der Waals surface area contributed by atoms with E-state index in [0.29, 0.717) is 5.92 Å². The standard InChI is InChI=1S/C16H23ClO/c1-6-8-9-13(7-2)15-12(4)14(17)10-11(3)16(15)18-5/h6,8,10,13H,7,9H2,1-5H3/b8-6-. The molecule has 0 saturated heterocycles. The van der Waals surface area contributed by atoms with E-state index in [2.05, 4.69) is 39.8 Å². The lowest BCUT2D eigenvalue weighted by Crippen LogP contribution is -2.05. The first-order valence-electron chi connectivity index (χ1n) is 6.51. The molecule has 0 aliphatic carbocycles. The normalized spacial score (nSPS) is 13.0. The van der Waals surface area contributed by atoms with Crippen LogP contribution in [0.2, 0.25) is 5.02 Å². The quantitative estimate of drug-likeness (QED) is 0.646. The summed E-state index contributed by atoms with van der Waals surface area (Å²) >= 11 is 6.31. The number of aryl methyl sites for hydroxylation is 1. The Bertz CT molecular complexity index is 435. The molecular weight excluding hydrogens is 244 g/mol. The summed E-state index contributed by atoms with van der Waals surface area (Å²) in [5.41, 5.74) is 3.53. The van der Waals surface area contributed by atoms with Gasteiger partial charge in [0, 0.05) is 10.6 Å². The molecule has 0 spiro atoms. The molecule has 100 valence electrons. The molecule has 0 N–H and O–H groups in total. The first-order valence-corrected chi connectivity index (χ1v) is 6.89. The van der Waals surface area contributed by atoms with Gasteiger partial charge in [-0.3, -0.25) is 0 Å². The average molecular weight is 267 g/mol. The lowest BCUT2D eigenvalue weighted by molar-refractivity contribution is 0.400. The van der Waals surface area contributed by atoms with E-state index in [9.17, 15) is 0 Å². The van der Waals surface area contributed by atoms with Gasteiger partial charge >= 0.3 is 0 Å². The predicted octanol–water partition coefficient (Wildman–Crippen LogP) is 5.43. The van der Waals surface area contributed by atoms with Crippen molar-refractivity contribution in [1.29, 1.82) is 0 Å². The van der Waals surface area contributed by atoms with Gasteiger partial charge in [0.2, 0.25) is 0 Å². The highest BCUT2D eigenvalue weighted by Gasteiger charge is 2.19. The summed E-state index contributed by atoms with van der Waals surface area (Å²) in [6.07, 6.45) is 6.43. The predicted molar refractivity (Wildman–Crippen MR) is 79.9 cm³/mol. The van der Waals surface area contributed by atoms with Crippen LogP contribution in [0, 0.1) is 13.8 Å². The van der Waals surface area contributed by atoms with Crippen LogP contribution in [-0.2, 0) is 0 Å². The molecule has 1 unspecified atom stereocenters. The zero-order chi connectivity index (χ0) is 13.7. The fourth-order valence-electron chi connectivity index (χ4n) is 2.43. The molecule has 0 heterocycles. The highest BCUT2D eigenvalue weighted by Crippen LogP contribution is 2.39. The lowest BCUT2D eigenvalue weighted by Gasteiger charge is -2.22. The fraction of sp³-hybridized carbons (Fsp3) is 0.500. The van der Waals surface area contributed by atoms with Crippen LogP contribution < -0.4 is 4.74 Å². The SMILES string of the molecule is C/C=C\CC(CC)c1c(C)c(Cl)cc(C)c1OC. The van der Waals surface area contributed by atoms with Gasteiger partial charge < -0.3 is 4.74 Å². The Kier molecular flexibility index (Phi) is 5.74. The molecule has 1 nitrogen and oxygen atoms in total. The molecule has 1 atom stereocenters. The van der Waals surface area contributed by atoms with Crippen LogP contribution >= 0.6 is 11.6 Å². The Balaban J connectivity index is 3.34. The summed E-state index contributed by atoms with van der Waals surface area (Å²) in [5, 5.41) is 0.835. The maximum Gasteiger partial charge on any atom is 0.125 e. The molecule has 0 aromatic heterocycles. The van der Waals surface area contributed by atoms with Gasteiger partial charge in [0.25, 0.3) is 0 Å². The van der Waals surface area contributed by atoms with Gasteiger partial charge in [0.15, 0.2) is 0 Å². The smallest absolute Gasteiger partial charge is 0.125 e. The van der Waals surface area contributed by atoms with Crippen molar-refractivity contribution >= 4 is 11.6 Å². The topological polar surface area (TPSA) is 9.23 Å². The van der Waals surface area contributed by atoms with E-state index in [1.165, 1.54) is 5.56 Å². The maximum atomic E-state index is 6.31. The minimum absolute atomic E-state index is 0.466. The molecule has 2 heteroatoms. The van der Waals surface area contributed by atoms with Crippen molar-refractivity contribution in [1.82, 2.24) is 0 Å². The third-order valence-corrected chi connectivity index (χ3v) is 3.86. The second-order valence-electron chi connectivity index (χ2n) is 4.66. The third kappa shape index (κ3) is 3.08. The van der Waals surface area contributed by atoms with Crippen molar-refractivity contribution in [2.45, 2.75) is 46.5 Å². The number of hydrogen-bond acceptors (Lipinski definition) is 1. The van der Waals surface area contributed by atoms with Gasteiger partial charge in [-0.1, -0.05) is 30.7 Å². The zero-order valence-corrected chi connectivity index (χ0v) is 12.8. The number of methoxy groups -OCH3 is 1. The van der Waals surface area contributed by atoms with Crippen molar-refractivity contribution < 1.29 is 4.74 Å². The fourth-order valence-corrected chi connectivity index (χ4v) is 2.69. The summed E-state index contributed by atoms with van der Waals surface area (Å²) in [4.78, 5) is 0. The number of hydrogen-bond donors (Lipinski definition) is 0. The van der Waals surface area contributed by atoms with Gasteiger partial charge in [-0.2, -0.15) is 0 Å². The van der Waals surface area contributed by atoms with Gasteiger partial charge in [-0.05, 0) is 56.7 Å². The van der Waals surface area contributed by atoms with E-state index in [1.54, 1.807) is 7.11 Å². The van der Waals surface area contributed by atoms with Crippen LogP contribution in [0.25, 0.3) is 0 Å². The number of ether oxygens (including phenoxy) is 1. The van der Waals surface area contributed by atoms with Crippen LogP contribution in [0.1, 0.15) is 49.3 Å². The Hall–Kier alpha value is -0.950. The summed E-state index contributed by atoms with van der Waals surface area (Å²) in [6, 6.07) is 1.99. The minimum Gasteiger partial charge on any atom is -0.496 e. The molecule has 0 aliphatic heterocycles. The van der Waals surface area contributed by atoms with E-state index in [4.69, 9.17) is 16.3 Å². The van der Waals surface area contributed by atoms with Gasteiger partial charge in [0.1, 0.15) is 5.75 Å². The van der Waals surface area contributed by atoms with E-state index in [-0.39, 0.29) is 0 Å². The van der Waals surface area contributed by atoms with Crippen LogP contribution in [0.5, 0.6) is 5.75 Å². The number of halogens is 1. The molecular formula is C16H23ClO. The molecule has 0 saturated carbocycles. The monoisotopic (exact) mass is 266 g/mol. The van der Waals surface area contributed by atoms with Crippen molar-refractivity contribution in [2.24, 2.45) is 0 Å². The number of rotatable bonds is 5. The van der Waals surface area contributed by atoms with Gasteiger partial charge in [-0.15, -0.1) is 0 Å². The molecule has 1 aromatic rings. The minimum atomic E-state index is 0.466. The Morgan fingerprint density at radius 1 is 1.39 bits per heavy atom. The van der Waals surface area contributed by atoms with Crippen molar-refractivity contribution in [2.75, 3.05) is 7.11 Å². The number of benzene rings is 1. The first kappa shape index (κ1) is 15.1. The van der Waals surface area contributed by atoms with Crippen LogP contribution in [0.15, 0.2) is 18.2 Å². The van der Waals surface area contributed by atoms with E-state index < -0.39 is 0 Å². The Morgan fingerprint density at radius 3 is 2.56 bits per heavy atom.